The van der Waals surface area contributed by atoms with E-state index in [1.54, 1.807) is 22.0 Å². The van der Waals surface area contributed by atoms with E-state index in [0.717, 1.165) is 30.8 Å². The highest BCUT2D eigenvalue weighted by molar-refractivity contribution is 5.95. The van der Waals surface area contributed by atoms with E-state index in [0.29, 0.717) is 18.7 Å². The maximum atomic E-state index is 12.0. The largest absolute Gasteiger partial charge is 0.334 e. The second-order valence-corrected chi connectivity index (χ2v) is 5.71. The van der Waals surface area contributed by atoms with Crippen LogP contribution in [-0.4, -0.2) is 28.3 Å². The van der Waals surface area contributed by atoms with E-state index in [9.17, 15) is 9.59 Å². The molecule has 1 saturated heterocycles. The molecule has 2 N–H and O–H groups in total. The van der Waals surface area contributed by atoms with Crippen LogP contribution in [-0.2, 0) is 17.9 Å². The summed E-state index contributed by atoms with van der Waals surface area (Å²) in [6, 6.07) is 7.42. The van der Waals surface area contributed by atoms with Crippen LogP contribution in [0.2, 0.25) is 0 Å². The first-order valence-corrected chi connectivity index (χ1v) is 8.12. The Kier molecular flexibility index (Phi) is 4.79. The minimum Gasteiger partial charge on any atom is -0.334 e. The molecule has 0 atom stereocenters. The second-order valence-electron chi connectivity index (χ2n) is 5.71. The zero-order valence-electron chi connectivity index (χ0n) is 13.7. The first-order valence-electron chi connectivity index (χ1n) is 8.12. The number of anilines is 2. The van der Waals surface area contributed by atoms with Crippen molar-refractivity contribution < 1.29 is 9.59 Å². The van der Waals surface area contributed by atoms with Crippen LogP contribution in [0, 0.1) is 0 Å². The highest BCUT2D eigenvalue weighted by atomic mass is 16.2. The van der Waals surface area contributed by atoms with Crippen LogP contribution in [0.4, 0.5) is 16.2 Å². The number of hydrogen-bond donors (Lipinski definition) is 2. The number of nitrogens with one attached hydrogen (secondary N) is 2. The van der Waals surface area contributed by atoms with Crippen molar-refractivity contribution in [1.82, 2.24) is 15.1 Å². The molecular formula is C17H21N5O2. The van der Waals surface area contributed by atoms with Crippen LogP contribution in [0.3, 0.4) is 0 Å². The van der Waals surface area contributed by atoms with E-state index >= 15 is 0 Å². The van der Waals surface area contributed by atoms with Gasteiger partial charge < -0.3 is 15.5 Å². The third kappa shape index (κ3) is 3.73. The number of carbonyl (C=O) groups is 2. The minimum absolute atomic E-state index is 0.158. The van der Waals surface area contributed by atoms with Gasteiger partial charge in [0.25, 0.3) is 0 Å². The quantitative estimate of drug-likeness (QED) is 0.885. The van der Waals surface area contributed by atoms with Gasteiger partial charge in [-0.15, -0.1) is 0 Å². The van der Waals surface area contributed by atoms with E-state index in [1.807, 2.05) is 31.2 Å². The first-order chi connectivity index (χ1) is 11.7. The maximum Gasteiger partial charge on any atom is 0.319 e. The third-order valence-corrected chi connectivity index (χ3v) is 3.96. The molecule has 1 aromatic heterocycles. The summed E-state index contributed by atoms with van der Waals surface area (Å²) in [6.45, 7) is 3.89. The van der Waals surface area contributed by atoms with E-state index in [4.69, 9.17) is 0 Å². The molecule has 0 saturated carbocycles. The molecule has 0 radical (unpaired) electrons. The summed E-state index contributed by atoms with van der Waals surface area (Å²) in [7, 11) is 0. The fourth-order valence-electron chi connectivity index (χ4n) is 2.71. The predicted octanol–water partition coefficient (Wildman–Crippen LogP) is 2.35. The Morgan fingerprint density at radius 2 is 2.25 bits per heavy atom. The monoisotopic (exact) mass is 327 g/mol. The Hall–Kier alpha value is -2.83. The van der Waals surface area contributed by atoms with Gasteiger partial charge in [0.2, 0.25) is 5.91 Å². The molecule has 3 rings (SSSR count). The molecule has 0 spiro atoms. The lowest BCUT2D eigenvalue weighted by Crippen LogP contribution is -2.28. The molecule has 1 aromatic carbocycles. The van der Waals surface area contributed by atoms with Gasteiger partial charge in [-0.2, -0.15) is 5.10 Å². The summed E-state index contributed by atoms with van der Waals surface area (Å²) in [5.74, 6) is 0.158. The SMILES string of the molecule is CCn1cc(NC(=O)NCc2cccc(N3CCCC3=O)c2)cn1. The van der Waals surface area contributed by atoms with Gasteiger partial charge in [-0.1, -0.05) is 12.1 Å². The molecule has 2 aromatic rings. The molecule has 24 heavy (non-hydrogen) atoms. The van der Waals surface area contributed by atoms with Crippen molar-refractivity contribution in [2.45, 2.75) is 32.9 Å². The summed E-state index contributed by atoms with van der Waals surface area (Å²) < 4.78 is 1.74. The Morgan fingerprint density at radius 1 is 1.38 bits per heavy atom. The molecule has 0 bridgehead atoms. The van der Waals surface area contributed by atoms with Gasteiger partial charge >= 0.3 is 6.03 Å². The van der Waals surface area contributed by atoms with E-state index in [-0.39, 0.29) is 11.9 Å². The highest BCUT2D eigenvalue weighted by Crippen LogP contribution is 2.22. The summed E-state index contributed by atoms with van der Waals surface area (Å²) in [6.07, 6.45) is 4.90. The van der Waals surface area contributed by atoms with Crippen LogP contribution in [0.5, 0.6) is 0 Å². The molecule has 1 fully saturated rings. The molecule has 0 aliphatic carbocycles. The summed E-state index contributed by atoms with van der Waals surface area (Å²) >= 11 is 0. The van der Waals surface area contributed by atoms with Crippen LogP contribution in [0.1, 0.15) is 25.3 Å². The number of aryl methyl sites for hydroxylation is 1. The fraction of sp³-hybridized carbons (Fsp3) is 0.353. The van der Waals surface area contributed by atoms with Crippen molar-refractivity contribution in [3.05, 3.63) is 42.2 Å². The third-order valence-electron chi connectivity index (χ3n) is 3.96. The number of carbonyl (C=O) groups excluding carboxylic acids is 2. The first kappa shape index (κ1) is 16.0. The number of aromatic nitrogens is 2. The summed E-state index contributed by atoms with van der Waals surface area (Å²) in [5, 5.41) is 9.66. The van der Waals surface area contributed by atoms with Crippen molar-refractivity contribution in [3.8, 4) is 0 Å². The second kappa shape index (κ2) is 7.16. The normalized spacial score (nSPS) is 14.0. The topological polar surface area (TPSA) is 79.3 Å². The smallest absolute Gasteiger partial charge is 0.319 e. The van der Waals surface area contributed by atoms with Crippen molar-refractivity contribution in [3.63, 3.8) is 0 Å². The molecule has 126 valence electrons. The number of hydrogen-bond acceptors (Lipinski definition) is 3. The number of rotatable bonds is 5. The van der Waals surface area contributed by atoms with Crippen LogP contribution >= 0.6 is 0 Å². The summed E-state index contributed by atoms with van der Waals surface area (Å²) in [4.78, 5) is 25.6. The number of nitrogens with zero attached hydrogens (tertiary/aromatic N) is 3. The van der Waals surface area contributed by atoms with Crippen molar-refractivity contribution >= 4 is 23.3 Å². The lowest BCUT2D eigenvalue weighted by atomic mass is 10.2. The van der Waals surface area contributed by atoms with Crippen LogP contribution in [0.15, 0.2) is 36.7 Å². The van der Waals surface area contributed by atoms with Crippen molar-refractivity contribution in [2.75, 3.05) is 16.8 Å². The Bertz CT molecular complexity index is 740. The predicted molar refractivity (Wildman–Crippen MR) is 91.8 cm³/mol. The van der Waals surface area contributed by atoms with Gasteiger partial charge in [0, 0.05) is 37.9 Å². The maximum absolute atomic E-state index is 12.0. The van der Waals surface area contributed by atoms with Gasteiger partial charge in [-0.3, -0.25) is 9.48 Å². The van der Waals surface area contributed by atoms with Gasteiger partial charge in [-0.05, 0) is 31.0 Å². The minimum atomic E-state index is -0.284. The average molecular weight is 327 g/mol. The average Bonchev–Trinajstić information content (AvgIpc) is 3.22. The zero-order valence-corrected chi connectivity index (χ0v) is 13.7. The molecule has 3 amide bonds. The van der Waals surface area contributed by atoms with Crippen molar-refractivity contribution in [2.24, 2.45) is 0 Å². The molecule has 2 heterocycles. The Balaban J connectivity index is 1.56. The van der Waals surface area contributed by atoms with Gasteiger partial charge in [0.15, 0.2) is 0 Å². The molecule has 1 aliphatic rings. The van der Waals surface area contributed by atoms with Gasteiger partial charge in [0.05, 0.1) is 11.9 Å². The molecule has 7 heteroatoms. The standard InChI is InChI=1S/C17H21N5O2/c1-2-21-12-14(11-19-21)20-17(24)18-10-13-5-3-6-15(9-13)22-8-4-7-16(22)23/h3,5-6,9,11-12H,2,4,7-8,10H2,1H3,(H2,18,20,24). The highest BCUT2D eigenvalue weighted by Gasteiger charge is 2.21. The molecule has 1 aliphatic heterocycles. The molecule has 7 nitrogen and oxygen atoms in total. The Labute approximate surface area is 140 Å². The van der Waals surface area contributed by atoms with Gasteiger partial charge in [-0.25, -0.2) is 4.79 Å². The summed E-state index contributed by atoms with van der Waals surface area (Å²) in [5.41, 5.74) is 2.50. The number of urea groups is 1. The lowest BCUT2D eigenvalue weighted by Gasteiger charge is -2.16. The zero-order chi connectivity index (χ0) is 16.9. The number of amides is 3. The van der Waals surface area contributed by atoms with E-state index < -0.39 is 0 Å². The molecule has 0 unspecified atom stereocenters. The van der Waals surface area contributed by atoms with E-state index in [2.05, 4.69) is 15.7 Å². The van der Waals surface area contributed by atoms with Crippen LogP contribution in [0.25, 0.3) is 0 Å². The number of benzene rings is 1. The molecular weight excluding hydrogens is 306 g/mol. The van der Waals surface area contributed by atoms with Crippen LogP contribution < -0.4 is 15.5 Å². The van der Waals surface area contributed by atoms with E-state index in [1.165, 1.54) is 0 Å². The van der Waals surface area contributed by atoms with Gasteiger partial charge in [0.1, 0.15) is 0 Å². The fourth-order valence-corrected chi connectivity index (χ4v) is 2.71. The van der Waals surface area contributed by atoms with Crippen molar-refractivity contribution in [1.29, 1.82) is 0 Å². The Morgan fingerprint density at radius 3 is 2.96 bits per heavy atom. The lowest BCUT2D eigenvalue weighted by molar-refractivity contribution is -0.117.